The van der Waals surface area contributed by atoms with Crippen LogP contribution >= 0.6 is 0 Å². The number of carbonyl (C=O) groups is 2. The first kappa shape index (κ1) is 21.4. The van der Waals surface area contributed by atoms with Crippen LogP contribution in [-0.2, 0) is 11.2 Å². The summed E-state index contributed by atoms with van der Waals surface area (Å²) < 4.78 is 5.57. The van der Waals surface area contributed by atoms with Gasteiger partial charge in [0.1, 0.15) is 5.75 Å². The van der Waals surface area contributed by atoms with Crippen LogP contribution in [0.1, 0.15) is 43.6 Å². The van der Waals surface area contributed by atoms with E-state index in [2.05, 4.69) is 10.6 Å². The Morgan fingerprint density at radius 3 is 2.18 bits per heavy atom. The summed E-state index contributed by atoms with van der Waals surface area (Å²) in [4.78, 5) is 24.4. The summed E-state index contributed by atoms with van der Waals surface area (Å²) >= 11 is 0. The van der Waals surface area contributed by atoms with Gasteiger partial charge in [0.15, 0.2) is 0 Å². The molecule has 2 aromatic rings. The number of anilines is 1. The van der Waals surface area contributed by atoms with Crippen molar-refractivity contribution >= 4 is 17.5 Å². The summed E-state index contributed by atoms with van der Waals surface area (Å²) in [7, 11) is 0. The van der Waals surface area contributed by atoms with Crippen LogP contribution in [-0.4, -0.2) is 35.2 Å². The standard InChI is InChI=1S/C22H28N2O4/c1-15(2)28-19-11-7-17(8-12-19)21(27)23-18-9-5-16(6-10-18)13-20(26)24-22(3,4)14-25/h5-12,15,25H,13-14H2,1-4H3,(H,23,27)(H,24,26). The second-order valence-electron chi connectivity index (χ2n) is 7.61. The molecule has 6 heteroatoms. The van der Waals surface area contributed by atoms with Crippen LogP contribution in [0, 0.1) is 0 Å². The van der Waals surface area contributed by atoms with Crippen molar-refractivity contribution < 1.29 is 19.4 Å². The lowest BCUT2D eigenvalue weighted by Gasteiger charge is -2.23. The van der Waals surface area contributed by atoms with Crippen molar-refractivity contribution in [2.24, 2.45) is 0 Å². The molecule has 0 bridgehead atoms. The van der Waals surface area contributed by atoms with Crippen molar-refractivity contribution in [1.82, 2.24) is 5.32 Å². The maximum absolute atomic E-state index is 12.4. The Balaban J connectivity index is 1.93. The summed E-state index contributed by atoms with van der Waals surface area (Å²) in [5.41, 5.74) is 1.35. The largest absolute Gasteiger partial charge is 0.491 e. The first-order valence-electron chi connectivity index (χ1n) is 9.27. The molecule has 0 aliphatic carbocycles. The van der Waals surface area contributed by atoms with Gasteiger partial charge in [-0.05, 0) is 69.7 Å². The Morgan fingerprint density at radius 1 is 1.04 bits per heavy atom. The first-order valence-corrected chi connectivity index (χ1v) is 9.27. The fourth-order valence-corrected chi connectivity index (χ4v) is 2.51. The molecule has 0 unspecified atom stereocenters. The quantitative estimate of drug-likeness (QED) is 0.652. The molecule has 0 aliphatic heterocycles. The first-order chi connectivity index (χ1) is 13.2. The van der Waals surface area contributed by atoms with E-state index < -0.39 is 5.54 Å². The van der Waals surface area contributed by atoms with Gasteiger partial charge in [-0.25, -0.2) is 0 Å². The van der Waals surface area contributed by atoms with Crippen molar-refractivity contribution in [2.45, 2.75) is 45.8 Å². The van der Waals surface area contributed by atoms with Gasteiger partial charge in [0.25, 0.3) is 5.91 Å². The summed E-state index contributed by atoms with van der Waals surface area (Å²) in [6, 6.07) is 14.1. The number of rotatable bonds is 8. The van der Waals surface area contributed by atoms with E-state index in [1.165, 1.54) is 0 Å². The normalized spacial score (nSPS) is 11.2. The molecule has 0 spiro atoms. The predicted octanol–water partition coefficient (Wildman–Crippen LogP) is 3.16. The van der Waals surface area contributed by atoms with Crippen molar-refractivity contribution in [3.8, 4) is 5.75 Å². The van der Waals surface area contributed by atoms with E-state index in [4.69, 9.17) is 4.74 Å². The van der Waals surface area contributed by atoms with Crippen LogP contribution in [0.5, 0.6) is 5.75 Å². The second-order valence-corrected chi connectivity index (χ2v) is 7.61. The average Bonchev–Trinajstić information content (AvgIpc) is 2.63. The van der Waals surface area contributed by atoms with Crippen molar-refractivity contribution in [2.75, 3.05) is 11.9 Å². The molecule has 0 fully saturated rings. The van der Waals surface area contributed by atoms with E-state index in [9.17, 15) is 14.7 Å². The summed E-state index contributed by atoms with van der Waals surface area (Å²) in [6.07, 6.45) is 0.282. The zero-order valence-electron chi connectivity index (χ0n) is 16.8. The fraction of sp³-hybridized carbons (Fsp3) is 0.364. The van der Waals surface area contributed by atoms with Gasteiger partial charge >= 0.3 is 0 Å². The van der Waals surface area contributed by atoms with Crippen molar-refractivity contribution in [3.63, 3.8) is 0 Å². The summed E-state index contributed by atoms with van der Waals surface area (Å²) in [6.45, 7) is 7.27. The van der Waals surface area contributed by atoms with Crippen LogP contribution in [0.3, 0.4) is 0 Å². The molecule has 28 heavy (non-hydrogen) atoms. The SMILES string of the molecule is CC(C)Oc1ccc(C(=O)Nc2ccc(CC(=O)NC(C)(C)CO)cc2)cc1. The molecular weight excluding hydrogens is 356 g/mol. The lowest BCUT2D eigenvalue weighted by Crippen LogP contribution is -2.46. The van der Waals surface area contributed by atoms with Crippen LogP contribution in [0.25, 0.3) is 0 Å². The zero-order valence-corrected chi connectivity index (χ0v) is 16.8. The van der Waals surface area contributed by atoms with Gasteiger partial charge in [0.2, 0.25) is 5.91 Å². The minimum atomic E-state index is -0.652. The highest BCUT2D eigenvalue weighted by atomic mass is 16.5. The molecule has 0 atom stereocenters. The molecule has 2 rings (SSSR count). The van der Waals surface area contributed by atoms with E-state index >= 15 is 0 Å². The highest BCUT2D eigenvalue weighted by Gasteiger charge is 2.19. The molecule has 2 amide bonds. The maximum Gasteiger partial charge on any atom is 0.255 e. The summed E-state index contributed by atoms with van der Waals surface area (Å²) in [5, 5.41) is 14.8. The topological polar surface area (TPSA) is 87.7 Å². The van der Waals surface area contributed by atoms with Crippen molar-refractivity contribution in [3.05, 3.63) is 59.7 Å². The van der Waals surface area contributed by atoms with E-state index in [1.54, 1.807) is 62.4 Å². The van der Waals surface area contributed by atoms with Gasteiger partial charge in [-0.3, -0.25) is 9.59 Å². The molecule has 0 aliphatic rings. The molecule has 150 valence electrons. The number of nitrogens with one attached hydrogen (secondary N) is 2. The van der Waals surface area contributed by atoms with Gasteiger partial charge in [-0.15, -0.1) is 0 Å². The van der Waals surface area contributed by atoms with E-state index in [0.717, 1.165) is 11.3 Å². The van der Waals surface area contributed by atoms with E-state index in [-0.39, 0.29) is 30.9 Å². The van der Waals surface area contributed by atoms with Gasteiger partial charge < -0.3 is 20.5 Å². The Labute approximate surface area is 165 Å². The minimum absolute atomic E-state index is 0.0787. The van der Waals surface area contributed by atoms with Gasteiger partial charge in [0, 0.05) is 11.3 Å². The number of aliphatic hydroxyl groups excluding tert-OH is 1. The summed E-state index contributed by atoms with van der Waals surface area (Å²) in [5.74, 6) is 0.337. The zero-order chi connectivity index (χ0) is 20.7. The minimum Gasteiger partial charge on any atom is -0.491 e. The highest BCUT2D eigenvalue weighted by Crippen LogP contribution is 2.16. The lowest BCUT2D eigenvalue weighted by molar-refractivity contribution is -0.122. The number of carbonyl (C=O) groups excluding carboxylic acids is 2. The van der Waals surface area contributed by atoms with Gasteiger partial charge in [0.05, 0.1) is 24.7 Å². The third kappa shape index (κ3) is 6.70. The molecule has 0 radical (unpaired) electrons. The van der Waals surface area contributed by atoms with Crippen LogP contribution in [0.2, 0.25) is 0 Å². The molecule has 0 aromatic heterocycles. The monoisotopic (exact) mass is 384 g/mol. The van der Waals surface area contributed by atoms with Crippen molar-refractivity contribution in [1.29, 1.82) is 0 Å². The lowest BCUT2D eigenvalue weighted by atomic mass is 10.1. The average molecular weight is 384 g/mol. The Morgan fingerprint density at radius 2 is 1.64 bits per heavy atom. The second kappa shape index (κ2) is 9.37. The van der Waals surface area contributed by atoms with E-state index in [1.807, 2.05) is 13.8 Å². The Hall–Kier alpha value is -2.86. The number of ether oxygens (including phenoxy) is 1. The maximum atomic E-state index is 12.4. The Kier molecular flexibility index (Phi) is 7.18. The van der Waals surface area contributed by atoms with Crippen LogP contribution in [0.4, 0.5) is 5.69 Å². The molecule has 3 N–H and O–H groups in total. The van der Waals surface area contributed by atoms with Crippen LogP contribution < -0.4 is 15.4 Å². The smallest absolute Gasteiger partial charge is 0.255 e. The number of aliphatic hydroxyl groups is 1. The number of hydrogen-bond acceptors (Lipinski definition) is 4. The molecule has 6 nitrogen and oxygen atoms in total. The molecule has 0 saturated carbocycles. The Bertz CT molecular complexity index is 796. The molecule has 0 heterocycles. The third-order valence-electron chi connectivity index (χ3n) is 3.94. The highest BCUT2D eigenvalue weighted by molar-refractivity contribution is 6.04. The number of hydrogen-bond donors (Lipinski definition) is 3. The fourth-order valence-electron chi connectivity index (χ4n) is 2.51. The number of benzene rings is 2. The van der Waals surface area contributed by atoms with Gasteiger partial charge in [-0.2, -0.15) is 0 Å². The number of amides is 2. The molecule has 0 saturated heterocycles. The third-order valence-corrected chi connectivity index (χ3v) is 3.94. The molecule has 2 aromatic carbocycles. The van der Waals surface area contributed by atoms with E-state index in [0.29, 0.717) is 11.3 Å². The van der Waals surface area contributed by atoms with Crippen LogP contribution in [0.15, 0.2) is 48.5 Å². The molecular formula is C22H28N2O4. The predicted molar refractivity (Wildman–Crippen MR) is 110 cm³/mol. The van der Waals surface area contributed by atoms with Gasteiger partial charge in [-0.1, -0.05) is 12.1 Å².